The summed E-state index contributed by atoms with van der Waals surface area (Å²) in [5, 5.41) is 2.76. The van der Waals surface area contributed by atoms with Gasteiger partial charge in [0.25, 0.3) is 0 Å². The minimum atomic E-state index is 1.10. The topological polar surface area (TPSA) is 0 Å². The fourth-order valence-corrected chi connectivity index (χ4v) is 1.98. The normalized spacial score (nSPS) is 15.1. The molecule has 14 heavy (non-hydrogen) atoms. The van der Waals surface area contributed by atoms with Gasteiger partial charge in [-0.1, -0.05) is 49.4 Å². The Hall–Kier alpha value is -1.30. The van der Waals surface area contributed by atoms with Crippen molar-refractivity contribution in [3.05, 3.63) is 46.4 Å². The monoisotopic (exact) mass is 184 g/mol. The molecular weight excluding hydrogens is 168 g/mol. The predicted octanol–water partition coefficient (Wildman–Crippen LogP) is 2.16. The van der Waals surface area contributed by atoms with E-state index in [9.17, 15) is 0 Å². The van der Waals surface area contributed by atoms with Crippen molar-refractivity contribution in [1.82, 2.24) is 0 Å². The molecule has 0 heteroatoms. The second kappa shape index (κ2) is 3.83. The first kappa shape index (κ1) is 9.26. The molecule has 0 atom stereocenters. The second-order valence-electron chi connectivity index (χ2n) is 3.82. The largest absolute Gasteiger partial charge is 0.0958 e. The van der Waals surface area contributed by atoms with Crippen LogP contribution in [0.15, 0.2) is 30.4 Å². The molecule has 0 amide bonds. The van der Waals surface area contributed by atoms with E-state index in [0.29, 0.717) is 0 Å². The summed E-state index contributed by atoms with van der Waals surface area (Å²) in [7, 11) is 0. The third-order valence-electron chi connectivity index (χ3n) is 2.79. The Morgan fingerprint density at radius 1 is 1.36 bits per heavy atom. The summed E-state index contributed by atoms with van der Waals surface area (Å²) in [5.74, 6) is 0. The highest BCUT2D eigenvalue weighted by Gasteiger charge is 1.99. The first-order valence-electron chi connectivity index (χ1n) is 5.29. The molecule has 0 heterocycles. The van der Waals surface area contributed by atoms with E-state index in [1.165, 1.54) is 21.6 Å². The van der Waals surface area contributed by atoms with Crippen LogP contribution in [0, 0.1) is 0 Å². The van der Waals surface area contributed by atoms with Gasteiger partial charge < -0.3 is 0 Å². The van der Waals surface area contributed by atoms with Crippen LogP contribution in [0.25, 0.3) is 12.2 Å². The van der Waals surface area contributed by atoms with Gasteiger partial charge in [0.1, 0.15) is 0 Å². The molecular formula is C14H16. The lowest BCUT2D eigenvalue weighted by Crippen LogP contribution is -2.27. The summed E-state index contributed by atoms with van der Waals surface area (Å²) in [6.45, 7) is 6.28. The Kier molecular flexibility index (Phi) is 2.53. The zero-order valence-electron chi connectivity index (χ0n) is 8.72. The number of rotatable bonds is 1. The molecule has 0 spiro atoms. The molecule has 1 aromatic rings. The number of allylic oxidation sites excluding steroid dienone is 1. The molecule has 1 aliphatic carbocycles. The van der Waals surface area contributed by atoms with Gasteiger partial charge in [-0.15, -0.1) is 0 Å². The van der Waals surface area contributed by atoms with Crippen LogP contribution in [0.5, 0.6) is 0 Å². The van der Waals surface area contributed by atoms with E-state index in [1.54, 1.807) is 0 Å². The van der Waals surface area contributed by atoms with Crippen molar-refractivity contribution in [2.75, 3.05) is 0 Å². The van der Waals surface area contributed by atoms with E-state index in [0.717, 1.165) is 19.3 Å². The van der Waals surface area contributed by atoms with Crippen molar-refractivity contribution in [3.8, 4) is 0 Å². The number of benzene rings is 1. The molecule has 0 nitrogen and oxygen atoms in total. The average Bonchev–Trinajstić information content (AvgIpc) is 2.38. The van der Waals surface area contributed by atoms with Crippen molar-refractivity contribution in [2.24, 2.45) is 0 Å². The average molecular weight is 184 g/mol. The molecule has 0 aliphatic heterocycles. The van der Waals surface area contributed by atoms with E-state index in [2.05, 4.69) is 43.9 Å². The minimum Gasteiger partial charge on any atom is -0.0958 e. The summed E-state index contributed by atoms with van der Waals surface area (Å²) in [4.78, 5) is 0. The number of hydrogen-bond donors (Lipinski definition) is 0. The van der Waals surface area contributed by atoms with Crippen molar-refractivity contribution in [1.29, 1.82) is 0 Å². The van der Waals surface area contributed by atoms with Gasteiger partial charge >= 0.3 is 0 Å². The molecule has 0 N–H and O–H groups in total. The zero-order chi connectivity index (χ0) is 9.97. The summed E-state index contributed by atoms with van der Waals surface area (Å²) in [6.07, 6.45) is 7.88. The molecule has 1 aromatic carbocycles. The van der Waals surface area contributed by atoms with Gasteiger partial charge in [0.05, 0.1) is 0 Å². The highest BCUT2D eigenvalue weighted by Crippen LogP contribution is 2.06. The van der Waals surface area contributed by atoms with Crippen LogP contribution in [0.2, 0.25) is 0 Å². The second-order valence-corrected chi connectivity index (χ2v) is 3.82. The fourth-order valence-electron chi connectivity index (χ4n) is 1.98. The Labute approximate surface area is 85.3 Å². The number of hydrogen-bond acceptors (Lipinski definition) is 0. The van der Waals surface area contributed by atoms with Crippen molar-refractivity contribution in [3.63, 3.8) is 0 Å². The van der Waals surface area contributed by atoms with Crippen molar-refractivity contribution >= 4 is 12.2 Å². The number of fused-ring (bicyclic) bond motifs is 1. The standard InChI is InChI=1S/C14H16/c1-3-12-7-5-9-13-8-4-6-11(2)10-14(12)13/h5,7-10H,2-4,6H2,1H3. The third kappa shape index (κ3) is 1.65. The lowest BCUT2D eigenvalue weighted by Gasteiger charge is -1.98. The van der Waals surface area contributed by atoms with Gasteiger partial charge in [-0.2, -0.15) is 0 Å². The van der Waals surface area contributed by atoms with Crippen LogP contribution in [0.1, 0.15) is 25.3 Å². The highest BCUT2D eigenvalue weighted by atomic mass is 14.0. The molecule has 2 rings (SSSR count). The Balaban J connectivity index is 2.78. The molecule has 0 saturated carbocycles. The highest BCUT2D eigenvalue weighted by molar-refractivity contribution is 5.51. The Morgan fingerprint density at radius 3 is 3.00 bits per heavy atom. The fraction of sp³-hybridized carbons (Fsp3) is 0.286. The minimum absolute atomic E-state index is 1.10. The Bertz CT molecular complexity index is 463. The quantitative estimate of drug-likeness (QED) is 0.627. The maximum absolute atomic E-state index is 4.07. The van der Waals surface area contributed by atoms with Gasteiger partial charge in [0.2, 0.25) is 0 Å². The van der Waals surface area contributed by atoms with E-state index < -0.39 is 0 Å². The van der Waals surface area contributed by atoms with Gasteiger partial charge in [0.15, 0.2) is 0 Å². The van der Waals surface area contributed by atoms with Gasteiger partial charge in [-0.25, -0.2) is 0 Å². The molecule has 0 bridgehead atoms. The lowest BCUT2D eigenvalue weighted by atomic mass is 10.1. The van der Waals surface area contributed by atoms with Gasteiger partial charge in [0, 0.05) is 0 Å². The predicted molar refractivity (Wildman–Crippen MR) is 62.4 cm³/mol. The summed E-state index contributed by atoms with van der Waals surface area (Å²) in [6, 6.07) is 6.56. The summed E-state index contributed by atoms with van der Waals surface area (Å²) >= 11 is 0. The lowest BCUT2D eigenvalue weighted by molar-refractivity contribution is 1.07. The number of aryl methyl sites for hydroxylation is 1. The molecule has 0 radical (unpaired) electrons. The summed E-state index contributed by atoms with van der Waals surface area (Å²) in [5.41, 5.74) is 2.68. The molecule has 1 aliphatic rings. The SMILES string of the molecule is C=C1C=c2c(CC)cccc2=CCC1. The van der Waals surface area contributed by atoms with E-state index >= 15 is 0 Å². The maximum atomic E-state index is 4.07. The van der Waals surface area contributed by atoms with Gasteiger partial charge in [-0.3, -0.25) is 0 Å². The van der Waals surface area contributed by atoms with Crippen LogP contribution in [0.3, 0.4) is 0 Å². The maximum Gasteiger partial charge on any atom is -0.0153 e. The molecule has 0 unspecified atom stereocenters. The van der Waals surface area contributed by atoms with Crippen LogP contribution < -0.4 is 10.4 Å². The molecule has 0 saturated heterocycles. The van der Waals surface area contributed by atoms with Gasteiger partial charge in [-0.05, 0) is 35.3 Å². The van der Waals surface area contributed by atoms with Crippen LogP contribution >= 0.6 is 0 Å². The van der Waals surface area contributed by atoms with Crippen molar-refractivity contribution < 1.29 is 0 Å². The molecule has 72 valence electrons. The van der Waals surface area contributed by atoms with Crippen LogP contribution in [-0.2, 0) is 6.42 Å². The van der Waals surface area contributed by atoms with E-state index in [4.69, 9.17) is 0 Å². The van der Waals surface area contributed by atoms with E-state index in [1.807, 2.05) is 0 Å². The van der Waals surface area contributed by atoms with Crippen molar-refractivity contribution in [2.45, 2.75) is 26.2 Å². The van der Waals surface area contributed by atoms with Crippen LogP contribution in [0.4, 0.5) is 0 Å². The third-order valence-corrected chi connectivity index (χ3v) is 2.79. The molecule has 0 fully saturated rings. The Morgan fingerprint density at radius 2 is 2.21 bits per heavy atom. The first-order valence-corrected chi connectivity index (χ1v) is 5.29. The molecule has 0 aromatic heterocycles. The zero-order valence-corrected chi connectivity index (χ0v) is 8.72. The first-order chi connectivity index (χ1) is 6.81. The van der Waals surface area contributed by atoms with E-state index in [-0.39, 0.29) is 0 Å². The smallest absolute Gasteiger partial charge is 0.0153 e. The summed E-state index contributed by atoms with van der Waals surface area (Å²) < 4.78 is 0. The van der Waals surface area contributed by atoms with Crippen LogP contribution in [-0.4, -0.2) is 0 Å².